The average Bonchev–Trinajstić information content (AvgIpc) is 3.88. The average molecular weight is 827 g/mol. The number of benzene rings is 5. The number of aromatic nitrogens is 4. The van der Waals surface area contributed by atoms with Crippen LogP contribution in [-0.2, 0) is 32.2 Å². The Labute approximate surface area is 349 Å². The molecule has 4 N–H and O–H groups in total. The molecular formula is C45H47N8O6P. The molecule has 1 unspecified atom stereocenters. The molecular weight excluding hydrogens is 780 g/mol. The van der Waals surface area contributed by atoms with Crippen LogP contribution in [0.1, 0.15) is 36.6 Å². The third-order valence-corrected chi connectivity index (χ3v) is 10.5. The van der Waals surface area contributed by atoms with Gasteiger partial charge in [0.05, 0.1) is 49.4 Å². The minimum absolute atomic E-state index is 0.153. The molecule has 0 radical (unpaired) electrons. The smallest absolute Gasteiger partial charge is 0.407 e. The van der Waals surface area contributed by atoms with Crippen molar-refractivity contribution >= 4 is 66.1 Å². The molecule has 4 amide bonds. The molecule has 0 aliphatic rings. The summed E-state index contributed by atoms with van der Waals surface area (Å²) >= 11 is 0. The van der Waals surface area contributed by atoms with Crippen molar-refractivity contribution in [1.29, 1.82) is 0 Å². The highest BCUT2D eigenvalue weighted by Crippen LogP contribution is 2.31. The first-order chi connectivity index (χ1) is 29.2. The number of methoxy groups -OCH3 is 2. The van der Waals surface area contributed by atoms with E-state index in [9.17, 15) is 19.2 Å². The van der Waals surface area contributed by atoms with Crippen LogP contribution < -0.4 is 10.6 Å². The molecule has 2 aromatic heterocycles. The maximum atomic E-state index is 13.9. The Kier molecular flexibility index (Phi) is 13.0. The van der Waals surface area contributed by atoms with Crippen LogP contribution in [0.25, 0.3) is 55.1 Å². The summed E-state index contributed by atoms with van der Waals surface area (Å²) in [4.78, 5) is 70.1. The summed E-state index contributed by atoms with van der Waals surface area (Å²) in [5, 5.41) is 7.33. The molecule has 2 heterocycles. The first-order valence-corrected chi connectivity index (χ1v) is 20.5. The van der Waals surface area contributed by atoms with E-state index in [-0.39, 0.29) is 31.4 Å². The van der Waals surface area contributed by atoms with E-state index in [1.165, 1.54) is 14.2 Å². The van der Waals surface area contributed by atoms with Gasteiger partial charge in [-0.25, -0.2) is 19.6 Å². The first-order valence-electron chi connectivity index (χ1n) is 19.7. The van der Waals surface area contributed by atoms with Gasteiger partial charge >= 0.3 is 12.2 Å². The highest BCUT2D eigenvalue weighted by atomic mass is 31.0. The zero-order valence-electron chi connectivity index (χ0n) is 33.7. The number of alkyl carbamates (subject to hydrolysis) is 2. The van der Waals surface area contributed by atoms with Crippen LogP contribution in [-0.4, -0.2) is 93.8 Å². The topological polar surface area (TPSA) is 175 Å². The van der Waals surface area contributed by atoms with Crippen LogP contribution in [0.15, 0.2) is 103 Å². The summed E-state index contributed by atoms with van der Waals surface area (Å²) in [5.41, 5.74) is 8.11. The maximum Gasteiger partial charge on any atom is 0.407 e. The number of nitrogens with one attached hydrogen (secondary N) is 4. The van der Waals surface area contributed by atoms with E-state index in [2.05, 4.69) is 83.1 Å². The van der Waals surface area contributed by atoms with E-state index >= 15 is 0 Å². The Hall–Kier alpha value is -6.79. The fourth-order valence-electron chi connectivity index (χ4n) is 7.21. The molecule has 0 fully saturated rings. The standard InChI is InChI=1S/C45H47N8O6P/c1-4-18-52(41(54)25-46-44(56)58-2)26-39-47-35-16-14-33(23-37(35)49-39)31-12-10-30-22-32(13-11-29(30)21-31)34-15-17-36-38(24-34)50-40(48-36)27-53(19-20-60)43(55)42(51-45(57)59-3)28-8-6-5-7-9-28/h5-17,21-24,42H,4,18-20,25-27,60H2,1-3H3,(H,46,56)(H,47,49)(H,48,50)(H,51,57)/t42-/m1/s1. The second-order valence-electron chi connectivity index (χ2n) is 14.3. The third kappa shape index (κ3) is 9.56. The summed E-state index contributed by atoms with van der Waals surface area (Å²) in [5.74, 6) is 0.807. The second-order valence-corrected chi connectivity index (χ2v) is 14.9. The quantitative estimate of drug-likeness (QED) is 0.0778. The summed E-state index contributed by atoms with van der Waals surface area (Å²) in [7, 11) is 5.19. The Balaban J connectivity index is 1.06. The number of H-pyrrole nitrogens is 2. The van der Waals surface area contributed by atoms with Crippen molar-refractivity contribution in [3.05, 3.63) is 120 Å². The largest absolute Gasteiger partial charge is 0.453 e. The highest BCUT2D eigenvalue weighted by molar-refractivity contribution is 7.16. The lowest BCUT2D eigenvalue weighted by Crippen LogP contribution is -2.43. The predicted octanol–water partition coefficient (Wildman–Crippen LogP) is 7.32. The van der Waals surface area contributed by atoms with Gasteiger partial charge < -0.3 is 39.9 Å². The van der Waals surface area contributed by atoms with Crippen LogP contribution in [0.5, 0.6) is 0 Å². The Morgan fingerprint density at radius 3 is 1.75 bits per heavy atom. The van der Waals surface area contributed by atoms with Gasteiger partial charge in [0.2, 0.25) is 11.8 Å². The second kappa shape index (κ2) is 18.9. The van der Waals surface area contributed by atoms with Gasteiger partial charge in [-0.15, -0.1) is 9.24 Å². The molecule has 15 heteroatoms. The third-order valence-electron chi connectivity index (χ3n) is 10.2. The van der Waals surface area contributed by atoms with E-state index in [0.717, 1.165) is 61.5 Å². The Morgan fingerprint density at radius 2 is 1.22 bits per heavy atom. The van der Waals surface area contributed by atoms with Crippen molar-refractivity contribution in [2.45, 2.75) is 32.5 Å². The summed E-state index contributed by atoms with van der Waals surface area (Å²) in [6, 6.07) is 33.2. The number of carbonyl (C=O) groups is 4. The number of aromatic amines is 2. The van der Waals surface area contributed by atoms with Crippen molar-refractivity contribution in [1.82, 2.24) is 40.4 Å². The number of imidazole rings is 2. The van der Waals surface area contributed by atoms with Gasteiger partial charge in [0.25, 0.3) is 0 Å². The van der Waals surface area contributed by atoms with Gasteiger partial charge in [0.1, 0.15) is 24.2 Å². The van der Waals surface area contributed by atoms with E-state index in [4.69, 9.17) is 14.7 Å². The normalized spacial score (nSPS) is 11.7. The minimum atomic E-state index is -0.916. The van der Waals surface area contributed by atoms with Crippen molar-refractivity contribution in [3.63, 3.8) is 0 Å². The van der Waals surface area contributed by atoms with Crippen molar-refractivity contribution in [2.24, 2.45) is 0 Å². The lowest BCUT2D eigenvalue weighted by Gasteiger charge is -2.27. The van der Waals surface area contributed by atoms with Gasteiger partial charge in [-0.1, -0.05) is 73.7 Å². The van der Waals surface area contributed by atoms with Crippen LogP contribution in [0.4, 0.5) is 9.59 Å². The van der Waals surface area contributed by atoms with Crippen molar-refractivity contribution < 1.29 is 28.7 Å². The lowest BCUT2D eigenvalue weighted by molar-refractivity contribution is -0.134. The molecule has 0 saturated carbocycles. The number of carbonyl (C=O) groups excluding carboxylic acids is 4. The molecule has 0 saturated heterocycles. The maximum absolute atomic E-state index is 13.9. The summed E-state index contributed by atoms with van der Waals surface area (Å²) < 4.78 is 9.41. The molecule has 308 valence electrons. The van der Waals surface area contributed by atoms with Crippen molar-refractivity contribution in [3.8, 4) is 22.3 Å². The van der Waals surface area contributed by atoms with Gasteiger partial charge in [0, 0.05) is 13.1 Å². The first kappa shape index (κ1) is 41.4. The van der Waals surface area contributed by atoms with Gasteiger partial charge in [-0.05, 0) is 87.6 Å². The number of hydrogen-bond donors (Lipinski definition) is 4. The van der Waals surface area contributed by atoms with Gasteiger partial charge in [-0.2, -0.15) is 0 Å². The number of nitrogens with zero attached hydrogens (tertiary/aromatic N) is 4. The number of amides is 4. The van der Waals surface area contributed by atoms with Gasteiger partial charge in [-0.3, -0.25) is 9.59 Å². The van der Waals surface area contributed by atoms with Crippen molar-refractivity contribution in [2.75, 3.05) is 40.0 Å². The zero-order chi connectivity index (χ0) is 42.2. The van der Waals surface area contributed by atoms with Crippen LogP contribution in [0, 0.1) is 0 Å². The SMILES string of the molecule is CCCN(Cc1nc2ccc(-c3ccc4cc(-c5ccc6nc(CN(CCP)C(=O)[C@H](NC(=O)OC)c7ccccc7)[nH]c6c5)ccc4c3)cc2[nH]1)C(=O)CNC(=O)OC. The number of fused-ring (bicyclic) bond motifs is 3. The monoisotopic (exact) mass is 826 g/mol. The Bertz CT molecular complexity index is 2660. The zero-order valence-corrected chi connectivity index (χ0v) is 34.8. The van der Waals surface area contributed by atoms with Crippen LogP contribution >= 0.6 is 9.24 Å². The van der Waals surface area contributed by atoms with E-state index < -0.39 is 18.2 Å². The molecule has 0 aliphatic heterocycles. The molecule has 2 atom stereocenters. The summed E-state index contributed by atoms with van der Waals surface area (Å²) in [6.07, 6.45) is 0.0637. The number of ether oxygens (including phenoxy) is 2. The van der Waals surface area contributed by atoms with Crippen LogP contribution in [0.2, 0.25) is 0 Å². The molecule has 7 rings (SSSR count). The molecule has 5 aromatic carbocycles. The molecule has 14 nitrogen and oxygen atoms in total. The molecule has 0 aliphatic carbocycles. The lowest BCUT2D eigenvalue weighted by atomic mass is 9.97. The van der Waals surface area contributed by atoms with E-state index in [1.54, 1.807) is 21.9 Å². The number of hydrogen-bond acceptors (Lipinski definition) is 8. The van der Waals surface area contributed by atoms with Crippen LogP contribution in [0.3, 0.4) is 0 Å². The molecule has 0 spiro atoms. The minimum Gasteiger partial charge on any atom is -0.453 e. The predicted molar refractivity (Wildman–Crippen MR) is 235 cm³/mol. The highest BCUT2D eigenvalue weighted by Gasteiger charge is 2.28. The van der Waals surface area contributed by atoms with E-state index in [0.29, 0.717) is 36.5 Å². The fourth-order valence-corrected chi connectivity index (χ4v) is 7.52. The summed E-state index contributed by atoms with van der Waals surface area (Å²) in [6.45, 7) is 3.32. The molecule has 7 aromatic rings. The number of rotatable bonds is 15. The molecule has 0 bridgehead atoms. The van der Waals surface area contributed by atoms with Gasteiger partial charge in [0.15, 0.2) is 0 Å². The molecule has 60 heavy (non-hydrogen) atoms. The Morgan fingerprint density at radius 1 is 0.683 bits per heavy atom. The van der Waals surface area contributed by atoms with E-state index in [1.807, 2.05) is 49.4 Å². The fraction of sp³-hybridized carbons (Fsp3) is 0.244.